The number of benzene rings is 2. The van der Waals surface area contributed by atoms with E-state index in [4.69, 9.17) is 4.98 Å². The number of nitrogens with zero attached hydrogens (tertiary/aromatic N) is 6. The van der Waals surface area contributed by atoms with Crippen LogP contribution in [0.2, 0.25) is 0 Å². The van der Waals surface area contributed by atoms with E-state index in [1.807, 2.05) is 60.7 Å². The molecule has 0 amide bonds. The van der Waals surface area contributed by atoms with Gasteiger partial charge < -0.3 is 0 Å². The summed E-state index contributed by atoms with van der Waals surface area (Å²) in [5.41, 5.74) is 1.32. The van der Waals surface area contributed by atoms with E-state index < -0.39 is 0 Å². The Balaban J connectivity index is 1.64. The molecule has 0 aliphatic heterocycles. The van der Waals surface area contributed by atoms with Crippen LogP contribution in [0.25, 0.3) is 27.6 Å². The number of para-hydroxylation sites is 2. The van der Waals surface area contributed by atoms with Crippen LogP contribution in [0.1, 0.15) is 19.7 Å². The third kappa shape index (κ3) is 3.04. The summed E-state index contributed by atoms with van der Waals surface area (Å²) in [6, 6.07) is 14.8. The Morgan fingerprint density at radius 1 is 0.839 bits per heavy atom. The van der Waals surface area contributed by atoms with Crippen molar-refractivity contribution in [1.82, 2.24) is 28.7 Å². The van der Waals surface area contributed by atoms with Gasteiger partial charge in [0.05, 0.1) is 27.6 Å². The van der Waals surface area contributed by atoms with Crippen molar-refractivity contribution in [2.45, 2.75) is 37.8 Å². The highest BCUT2D eigenvalue weighted by Gasteiger charge is 2.17. The van der Waals surface area contributed by atoms with Crippen molar-refractivity contribution in [1.29, 1.82) is 0 Å². The van der Waals surface area contributed by atoms with Gasteiger partial charge in [-0.25, -0.2) is 4.98 Å². The van der Waals surface area contributed by atoms with E-state index in [2.05, 4.69) is 10.2 Å². The third-order valence-corrected chi connectivity index (χ3v) is 6.34. The highest BCUT2D eigenvalue weighted by Crippen LogP contribution is 2.23. The second kappa shape index (κ2) is 7.66. The number of aromatic nitrogens is 6. The summed E-state index contributed by atoms with van der Waals surface area (Å²) in [5, 5.41) is 10.5. The highest BCUT2D eigenvalue weighted by atomic mass is 32.2. The first kappa shape index (κ1) is 19.5. The molecule has 0 unspecified atom stereocenters. The predicted molar refractivity (Wildman–Crippen MR) is 122 cm³/mol. The predicted octanol–water partition coefficient (Wildman–Crippen LogP) is 3.09. The second-order valence-corrected chi connectivity index (χ2v) is 8.01. The van der Waals surface area contributed by atoms with Crippen molar-refractivity contribution in [3.63, 3.8) is 0 Å². The van der Waals surface area contributed by atoms with Crippen LogP contribution in [-0.4, -0.2) is 28.7 Å². The molecule has 0 aliphatic carbocycles. The lowest BCUT2D eigenvalue weighted by atomic mass is 10.2. The highest BCUT2D eigenvalue weighted by molar-refractivity contribution is 7.98. The van der Waals surface area contributed by atoms with Gasteiger partial charge in [0.2, 0.25) is 5.78 Å². The number of hydrogen-bond donors (Lipinski definition) is 0. The summed E-state index contributed by atoms with van der Waals surface area (Å²) in [6.45, 7) is 4.87. The summed E-state index contributed by atoms with van der Waals surface area (Å²) in [7, 11) is 0. The van der Waals surface area contributed by atoms with Crippen LogP contribution in [0.3, 0.4) is 0 Å². The molecule has 3 aromatic heterocycles. The maximum atomic E-state index is 12.9. The number of aryl methyl sites for hydroxylation is 1. The molecule has 9 heteroatoms. The fourth-order valence-electron chi connectivity index (χ4n) is 3.86. The Bertz CT molecular complexity index is 1570. The molecule has 0 fully saturated rings. The molecule has 3 heterocycles. The third-order valence-electron chi connectivity index (χ3n) is 5.36. The van der Waals surface area contributed by atoms with Crippen molar-refractivity contribution in [3.05, 3.63) is 75.1 Å². The Labute approximate surface area is 181 Å². The standard InChI is InChI=1S/C22H20N6O2S/c1-3-26-20(30)15-10-6-8-12-17(15)28-18(24-25-21(26)28)13-31-22-23-16-11-7-5-9-14(16)19(29)27(22)4-2/h5-12H,3-4,13H2,1-2H3. The zero-order valence-corrected chi connectivity index (χ0v) is 18.0. The topological polar surface area (TPSA) is 87.1 Å². The minimum Gasteiger partial charge on any atom is -0.287 e. The van der Waals surface area contributed by atoms with Crippen molar-refractivity contribution in [2.75, 3.05) is 0 Å². The van der Waals surface area contributed by atoms with Crippen molar-refractivity contribution >= 4 is 39.3 Å². The first-order chi connectivity index (χ1) is 15.1. The van der Waals surface area contributed by atoms with E-state index >= 15 is 0 Å². The zero-order valence-electron chi connectivity index (χ0n) is 17.1. The maximum Gasteiger partial charge on any atom is 0.262 e. The van der Waals surface area contributed by atoms with Crippen LogP contribution < -0.4 is 11.1 Å². The molecule has 0 saturated carbocycles. The molecular formula is C22H20N6O2S. The average molecular weight is 433 g/mol. The molecule has 5 rings (SSSR count). The zero-order chi connectivity index (χ0) is 21.5. The Hall–Kier alpha value is -3.46. The van der Waals surface area contributed by atoms with Crippen molar-refractivity contribution in [3.8, 4) is 0 Å². The summed E-state index contributed by atoms with van der Waals surface area (Å²) in [6.07, 6.45) is 0. The molecule has 0 aliphatic rings. The summed E-state index contributed by atoms with van der Waals surface area (Å²) in [5.74, 6) is 1.67. The molecule has 0 atom stereocenters. The first-order valence-electron chi connectivity index (χ1n) is 10.1. The molecule has 2 aromatic carbocycles. The summed E-state index contributed by atoms with van der Waals surface area (Å²) < 4.78 is 5.22. The Kier molecular flexibility index (Phi) is 4.82. The number of thioether (sulfide) groups is 1. The van der Waals surface area contributed by atoms with Gasteiger partial charge in [0.15, 0.2) is 5.16 Å². The summed E-state index contributed by atoms with van der Waals surface area (Å²) in [4.78, 5) is 30.4. The van der Waals surface area contributed by atoms with E-state index in [1.165, 1.54) is 11.8 Å². The lowest BCUT2D eigenvalue weighted by molar-refractivity contribution is 0.634. The summed E-state index contributed by atoms with van der Waals surface area (Å²) >= 11 is 1.44. The second-order valence-electron chi connectivity index (χ2n) is 7.07. The molecule has 0 bridgehead atoms. The molecule has 0 N–H and O–H groups in total. The molecule has 0 radical (unpaired) electrons. The quantitative estimate of drug-likeness (QED) is 0.313. The van der Waals surface area contributed by atoms with Gasteiger partial charge in [-0.15, -0.1) is 10.2 Å². The van der Waals surface area contributed by atoms with Crippen molar-refractivity contribution in [2.24, 2.45) is 0 Å². The van der Waals surface area contributed by atoms with E-state index in [0.29, 0.717) is 51.9 Å². The lowest BCUT2D eigenvalue weighted by Crippen LogP contribution is -2.23. The number of hydrogen-bond acceptors (Lipinski definition) is 6. The van der Waals surface area contributed by atoms with Crippen LogP contribution in [-0.2, 0) is 18.8 Å². The van der Waals surface area contributed by atoms with Gasteiger partial charge in [0.1, 0.15) is 5.82 Å². The average Bonchev–Trinajstić information content (AvgIpc) is 3.22. The molecule has 0 saturated heterocycles. The number of rotatable bonds is 5. The Morgan fingerprint density at radius 2 is 1.52 bits per heavy atom. The van der Waals surface area contributed by atoms with E-state index in [0.717, 1.165) is 5.52 Å². The molecule has 31 heavy (non-hydrogen) atoms. The monoisotopic (exact) mass is 432 g/mol. The van der Waals surface area contributed by atoms with Gasteiger partial charge in [-0.1, -0.05) is 36.0 Å². The Morgan fingerprint density at radius 3 is 2.29 bits per heavy atom. The maximum absolute atomic E-state index is 12.9. The van der Waals surface area contributed by atoms with E-state index in [1.54, 1.807) is 15.2 Å². The fourth-order valence-corrected chi connectivity index (χ4v) is 4.83. The van der Waals surface area contributed by atoms with Gasteiger partial charge in [0, 0.05) is 13.1 Å². The smallest absolute Gasteiger partial charge is 0.262 e. The minimum absolute atomic E-state index is 0.0491. The van der Waals surface area contributed by atoms with Gasteiger partial charge in [0.25, 0.3) is 11.1 Å². The van der Waals surface area contributed by atoms with Crippen LogP contribution in [0, 0.1) is 0 Å². The van der Waals surface area contributed by atoms with Gasteiger partial charge in [-0.3, -0.25) is 23.1 Å². The lowest BCUT2D eigenvalue weighted by Gasteiger charge is -2.12. The minimum atomic E-state index is -0.0757. The first-order valence-corrected chi connectivity index (χ1v) is 11.1. The van der Waals surface area contributed by atoms with Crippen LogP contribution in [0.15, 0.2) is 63.3 Å². The molecule has 8 nitrogen and oxygen atoms in total. The number of fused-ring (bicyclic) bond motifs is 4. The van der Waals surface area contributed by atoms with Gasteiger partial charge >= 0.3 is 0 Å². The van der Waals surface area contributed by atoms with Gasteiger partial charge in [-0.05, 0) is 38.1 Å². The SMILES string of the molecule is CCn1c(SCc2nnc3n(CC)c(=O)c4ccccc4n23)nc2ccccc2c1=O. The van der Waals surface area contributed by atoms with E-state index in [9.17, 15) is 9.59 Å². The van der Waals surface area contributed by atoms with Crippen LogP contribution >= 0.6 is 11.8 Å². The molecule has 0 spiro atoms. The van der Waals surface area contributed by atoms with Crippen molar-refractivity contribution < 1.29 is 0 Å². The molecular weight excluding hydrogens is 412 g/mol. The largest absolute Gasteiger partial charge is 0.287 e. The van der Waals surface area contributed by atoms with Gasteiger partial charge in [-0.2, -0.15) is 0 Å². The van der Waals surface area contributed by atoms with Crippen LogP contribution in [0.4, 0.5) is 0 Å². The normalized spacial score (nSPS) is 11.7. The fraction of sp³-hybridized carbons (Fsp3) is 0.227. The molecule has 5 aromatic rings. The van der Waals surface area contributed by atoms with E-state index in [-0.39, 0.29) is 11.1 Å². The molecule has 156 valence electrons. The van der Waals surface area contributed by atoms with Crippen LogP contribution in [0.5, 0.6) is 0 Å².